The fourth-order valence-corrected chi connectivity index (χ4v) is 2.61. The number of hydrogen-bond acceptors (Lipinski definition) is 2. The quantitative estimate of drug-likeness (QED) is 0.833. The number of hydrogen-bond donors (Lipinski definition) is 1. The van der Waals surface area contributed by atoms with Crippen molar-refractivity contribution in [1.82, 2.24) is 0 Å². The Bertz CT molecular complexity index is 419. The van der Waals surface area contributed by atoms with E-state index in [1.54, 1.807) is 4.90 Å². The first-order valence-electron chi connectivity index (χ1n) is 6.50. The largest absolute Gasteiger partial charge is 0.360 e. The molecule has 1 aromatic rings. The summed E-state index contributed by atoms with van der Waals surface area (Å²) in [6.45, 7) is 5.57. The average molecular weight is 265 g/mol. The molecule has 1 heterocycles. The molecule has 96 valence electrons. The van der Waals surface area contributed by atoms with Gasteiger partial charge in [-0.25, -0.2) is 0 Å². The first kappa shape index (κ1) is 13.2. The lowest BCUT2D eigenvalue weighted by Crippen LogP contribution is -3.14. The van der Waals surface area contributed by atoms with Gasteiger partial charge < -0.3 is 9.80 Å². The maximum atomic E-state index is 8.53. The van der Waals surface area contributed by atoms with Gasteiger partial charge in [0.25, 0.3) is 0 Å². The summed E-state index contributed by atoms with van der Waals surface area (Å²) >= 11 is 6.01. The second-order valence-electron chi connectivity index (χ2n) is 4.73. The Hall–Kier alpha value is -1.24. The molecule has 0 saturated carbocycles. The molecule has 1 fully saturated rings. The Labute approximate surface area is 114 Å². The van der Waals surface area contributed by atoms with E-state index in [0.717, 1.165) is 44.2 Å². The highest BCUT2D eigenvalue weighted by Gasteiger charge is 2.19. The van der Waals surface area contributed by atoms with Crippen molar-refractivity contribution < 1.29 is 4.90 Å². The average Bonchev–Trinajstić information content (AvgIpc) is 2.40. The number of anilines is 1. The molecule has 1 aromatic carbocycles. The van der Waals surface area contributed by atoms with E-state index in [1.165, 1.54) is 5.69 Å². The number of rotatable bonds is 4. The number of benzene rings is 1. The van der Waals surface area contributed by atoms with E-state index in [-0.39, 0.29) is 0 Å². The molecule has 4 heteroatoms. The standard InChI is InChI=1S/C14H18ClN3/c15-13-4-3-5-14(12-13)18-10-8-17(9-11-18)7-2-1-6-16/h3-5,12H,1-2,7-11H2/p+1. The molecule has 0 aliphatic carbocycles. The second-order valence-corrected chi connectivity index (χ2v) is 5.17. The van der Waals surface area contributed by atoms with Gasteiger partial charge in [0.1, 0.15) is 0 Å². The van der Waals surface area contributed by atoms with Crippen molar-refractivity contribution in [2.75, 3.05) is 37.6 Å². The summed E-state index contributed by atoms with van der Waals surface area (Å²) in [5.41, 5.74) is 1.22. The summed E-state index contributed by atoms with van der Waals surface area (Å²) in [5.74, 6) is 0. The number of nitrogens with one attached hydrogen (secondary N) is 1. The monoisotopic (exact) mass is 264 g/mol. The molecule has 1 aliphatic rings. The van der Waals surface area contributed by atoms with Crippen molar-refractivity contribution in [3.63, 3.8) is 0 Å². The van der Waals surface area contributed by atoms with Crippen LogP contribution in [0.1, 0.15) is 12.8 Å². The van der Waals surface area contributed by atoms with Crippen LogP contribution in [0.25, 0.3) is 0 Å². The van der Waals surface area contributed by atoms with E-state index >= 15 is 0 Å². The lowest BCUT2D eigenvalue weighted by molar-refractivity contribution is -0.900. The minimum Gasteiger partial charge on any atom is -0.360 e. The summed E-state index contributed by atoms with van der Waals surface area (Å²) in [6.07, 6.45) is 1.70. The van der Waals surface area contributed by atoms with Crippen LogP contribution in [-0.2, 0) is 0 Å². The molecule has 1 saturated heterocycles. The predicted molar refractivity (Wildman–Crippen MR) is 74.1 cm³/mol. The maximum absolute atomic E-state index is 8.53. The molecule has 0 bridgehead atoms. The van der Waals surface area contributed by atoms with Crippen molar-refractivity contribution in [3.8, 4) is 6.07 Å². The highest BCUT2D eigenvalue weighted by Crippen LogP contribution is 2.19. The molecular weight excluding hydrogens is 246 g/mol. The summed E-state index contributed by atoms with van der Waals surface area (Å²) in [5, 5.41) is 9.33. The van der Waals surface area contributed by atoms with Crippen LogP contribution in [-0.4, -0.2) is 32.7 Å². The Morgan fingerprint density at radius 3 is 2.78 bits per heavy atom. The topological polar surface area (TPSA) is 31.5 Å². The van der Waals surface area contributed by atoms with Crippen LogP contribution in [0, 0.1) is 11.3 Å². The predicted octanol–water partition coefficient (Wildman–Crippen LogP) is 1.35. The lowest BCUT2D eigenvalue weighted by Gasteiger charge is -2.33. The van der Waals surface area contributed by atoms with Crippen LogP contribution >= 0.6 is 11.6 Å². The van der Waals surface area contributed by atoms with Gasteiger partial charge in [0.15, 0.2) is 0 Å². The number of halogens is 1. The number of unbranched alkanes of at least 4 members (excludes halogenated alkanes) is 1. The molecule has 0 radical (unpaired) electrons. The van der Waals surface area contributed by atoms with E-state index in [2.05, 4.69) is 17.0 Å². The van der Waals surface area contributed by atoms with Gasteiger partial charge in [-0.15, -0.1) is 0 Å². The lowest BCUT2D eigenvalue weighted by atomic mass is 10.2. The Kier molecular flexibility index (Phi) is 4.86. The zero-order valence-electron chi connectivity index (χ0n) is 10.5. The Balaban J connectivity index is 1.81. The van der Waals surface area contributed by atoms with E-state index in [4.69, 9.17) is 16.9 Å². The van der Waals surface area contributed by atoms with Gasteiger partial charge in [-0.1, -0.05) is 17.7 Å². The van der Waals surface area contributed by atoms with Crippen molar-refractivity contribution in [3.05, 3.63) is 29.3 Å². The molecule has 0 atom stereocenters. The van der Waals surface area contributed by atoms with Crippen LogP contribution in [0.15, 0.2) is 24.3 Å². The van der Waals surface area contributed by atoms with Crippen molar-refractivity contribution in [1.29, 1.82) is 5.26 Å². The zero-order valence-corrected chi connectivity index (χ0v) is 11.3. The summed E-state index contributed by atoms with van der Waals surface area (Å²) in [4.78, 5) is 4.00. The second kappa shape index (κ2) is 6.63. The van der Waals surface area contributed by atoms with Gasteiger partial charge in [-0.05, 0) is 18.2 Å². The summed E-state index contributed by atoms with van der Waals surface area (Å²) in [6, 6.07) is 10.3. The van der Waals surface area contributed by atoms with E-state index in [1.807, 2.05) is 18.2 Å². The third-order valence-electron chi connectivity index (χ3n) is 3.46. The third-order valence-corrected chi connectivity index (χ3v) is 3.70. The fourth-order valence-electron chi connectivity index (χ4n) is 2.42. The maximum Gasteiger partial charge on any atom is 0.0949 e. The molecule has 18 heavy (non-hydrogen) atoms. The molecule has 0 amide bonds. The van der Waals surface area contributed by atoms with Gasteiger partial charge >= 0.3 is 0 Å². The third kappa shape index (κ3) is 3.63. The minimum atomic E-state index is 0.682. The highest BCUT2D eigenvalue weighted by molar-refractivity contribution is 6.30. The number of piperazine rings is 1. The zero-order chi connectivity index (χ0) is 12.8. The highest BCUT2D eigenvalue weighted by atomic mass is 35.5. The smallest absolute Gasteiger partial charge is 0.0949 e. The van der Waals surface area contributed by atoms with Gasteiger partial charge in [0.05, 0.1) is 38.8 Å². The first-order chi connectivity index (χ1) is 8.79. The Morgan fingerprint density at radius 2 is 2.11 bits per heavy atom. The molecule has 0 unspecified atom stereocenters. The summed E-state index contributed by atoms with van der Waals surface area (Å²) < 4.78 is 0. The molecule has 1 N–H and O–H groups in total. The van der Waals surface area contributed by atoms with E-state index in [9.17, 15) is 0 Å². The van der Waals surface area contributed by atoms with Gasteiger partial charge in [-0.3, -0.25) is 0 Å². The minimum absolute atomic E-state index is 0.682. The van der Waals surface area contributed by atoms with Gasteiger partial charge in [0.2, 0.25) is 0 Å². The Morgan fingerprint density at radius 1 is 1.33 bits per heavy atom. The van der Waals surface area contributed by atoms with Gasteiger partial charge in [-0.2, -0.15) is 5.26 Å². The molecule has 2 rings (SSSR count). The van der Waals surface area contributed by atoms with Crippen molar-refractivity contribution >= 4 is 17.3 Å². The number of quaternary nitrogens is 1. The molecule has 1 aliphatic heterocycles. The van der Waals surface area contributed by atoms with Crippen molar-refractivity contribution in [2.45, 2.75) is 12.8 Å². The number of nitrogens with zero attached hydrogens (tertiary/aromatic N) is 2. The van der Waals surface area contributed by atoms with Crippen LogP contribution < -0.4 is 9.80 Å². The molecular formula is C14H19ClN3+. The SMILES string of the molecule is N#CCCC[NH+]1CCN(c2cccc(Cl)c2)CC1. The van der Waals surface area contributed by atoms with E-state index in [0.29, 0.717) is 6.42 Å². The van der Waals surface area contributed by atoms with Crippen LogP contribution in [0.5, 0.6) is 0 Å². The summed E-state index contributed by atoms with van der Waals surface area (Å²) in [7, 11) is 0. The fraction of sp³-hybridized carbons (Fsp3) is 0.500. The first-order valence-corrected chi connectivity index (χ1v) is 6.88. The van der Waals surface area contributed by atoms with Crippen molar-refractivity contribution in [2.24, 2.45) is 0 Å². The van der Waals surface area contributed by atoms with E-state index < -0.39 is 0 Å². The molecule has 3 nitrogen and oxygen atoms in total. The number of nitriles is 1. The van der Waals surface area contributed by atoms with Crippen LogP contribution in [0.3, 0.4) is 0 Å². The molecule has 0 spiro atoms. The van der Waals surface area contributed by atoms with Crippen LogP contribution in [0.4, 0.5) is 5.69 Å². The molecule has 0 aromatic heterocycles. The van der Waals surface area contributed by atoms with Gasteiger partial charge in [0, 0.05) is 23.6 Å². The normalized spacial score (nSPS) is 16.6. The van der Waals surface area contributed by atoms with Crippen LogP contribution in [0.2, 0.25) is 5.02 Å².